The predicted molar refractivity (Wildman–Crippen MR) is 44.0 cm³/mol. The van der Waals surface area contributed by atoms with Gasteiger partial charge in [0.15, 0.2) is 0 Å². The maximum Gasteiger partial charge on any atom is 0.216 e. The average Bonchev–Trinajstić information content (AvgIpc) is 2.14. The highest BCUT2D eigenvalue weighted by atomic mass is 16.5. The third-order valence-electron chi connectivity index (χ3n) is 1.30. The van der Waals surface area contributed by atoms with Crippen LogP contribution in [0.5, 0.6) is 5.88 Å². The minimum absolute atomic E-state index is 0.612. The molecule has 4 heteroatoms. The van der Waals surface area contributed by atoms with Crippen LogP contribution in [0.3, 0.4) is 0 Å². The van der Waals surface area contributed by atoms with Gasteiger partial charge in [0.25, 0.3) is 0 Å². The monoisotopic (exact) mass is 168 g/mol. The summed E-state index contributed by atoms with van der Waals surface area (Å²) >= 11 is 0. The van der Waals surface area contributed by atoms with Crippen molar-refractivity contribution in [3.05, 3.63) is 18.6 Å². The fourth-order valence-electron chi connectivity index (χ4n) is 0.744. The topological polar surface area (TPSA) is 44.2 Å². The summed E-state index contributed by atoms with van der Waals surface area (Å²) in [7, 11) is 1.67. The zero-order valence-electron chi connectivity index (χ0n) is 7.06. The first-order valence-corrected chi connectivity index (χ1v) is 3.81. The molecule has 1 heterocycles. The van der Waals surface area contributed by atoms with Crippen molar-refractivity contribution >= 4 is 0 Å². The molecule has 0 aromatic carbocycles. The molecule has 1 aromatic heterocycles. The molecule has 0 aliphatic rings. The average molecular weight is 168 g/mol. The summed E-state index contributed by atoms with van der Waals surface area (Å²) < 4.78 is 10.1. The summed E-state index contributed by atoms with van der Waals surface area (Å²) in [5, 5.41) is 0. The van der Waals surface area contributed by atoms with Gasteiger partial charge in [-0.15, -0.1) is 0 Å². The van der Waals surface area contributed by atoms with E-state index in [1.165, 1.54) is 6.33 Å². The van der Waals surface area contributed by atoms with E-state index < -0.39 is 0 Å². The molecule has 0 aliphatic carbocycles. The number of ether oxygens (including phenoxy) is 2. The Morgan fingerprint density at radius 2 is 2.33 bits per heavy atom. The summed E-state index contributed by atoms with van der Waals surface area (Å²) in [5.74, 6) is 0.612. The lowest BCUT2D eigenvalue weighted by atomic mass is 10.5. The van der Waals surface area contributed by atoms with Crippen molar-refractivity contribution in [2.45, 2.75) is 6.42 Å². The van der Waals surface area contributed by atoms with Gasteiger partial charge in [-0.25, -0.2) is 9.97 Å². The standard InChI is InChI=1S/C8H12N2O2/c1-11-5-2-6-12-8-3-4-9-7-10-8/h3-4,7H,2,5-6H2,1H3. The van der Waals surface area contributed by atoms with Gasteiger partial charge < -0.3 is 9.47 Å². The molecule has 0 bridgehead atoms. The zero-order chi connectivity index (χ0) is 8.65. The molecule has 1 aromatic rings. The number of hydrogen-bond donors (Lipinski definition) is 0. The number of hydrogen-bond acceptors (Lipinski definition) is 4. The first-order chi connectivity index (χ1) is 5.93. The fraction of sp³-hybridized carbons (Fsp3) is 0.500. The minimum atomic E-state index is 0.612. The van der Waals surface area contributed by atoms with Crippen LogP contribution in [-0.4, -0.2) is 30.3 Å². The largest absolute Gasteiger partial charge is 0.477 e. The Labute approximate surface area is 71.6 Å². The van der Waals surface area contributed by atoms with Crippen LogP contribution in [0.1, 0.15) is 6.42 Å². The Hall–Kier alpha value is -1.16. The van der Waals surface area contributed by atoms with Crippen molar-refractivity contribution in [2.24, 2.45) is 0 Å². The van der Waals surface area contributed by atoms with Crippen LogP contribution in [0.15, 0.2) is 18.6 Å². The van der Waals surface area contributed by atoms with Gasteiger partial charge in [0.05, 0.1) is 6.61 Å². The maximum absolute atomic E-state index is 5.28. The quantitative estimate of drug-likeness (QED) is 0.612. The van der Waals surface area contributed by atoms with Gasteiger partial charge in [-0.2, -0.15) is 0 Å². The first-order valence-electron chi connectivity index (χ1n) is 3.81. The van der Waals surface area contributed by atoms with Crippen LogP contribution in [0.25, 0.3) is 0 Å². The van der Waals surface area contributed by atoms with Crippen molar-refractivity contribution < 1.29 is 9.47 Å². The molecule has 1 rings (SSSR count). The highest BCUT2D eigenvalue weighted by Gasteiger charge is 1.91. The van der Waals surface area contributed by atoms with Crippen LogP contribution in [0, 0.1) is 0 Å². The molecule has 0 atom stereocenters. The first kappa shape index (κ1) is 8.93. The smallest absolute Gasteiger partial charge is 0.216 e. The van der Waals surface area contributed by atoms with Crippen molar-refractivity contribution in [3.63, 3.8) is 0 Å². The SMILES string of the molecule is COCCCOc1ccncn1. The number of nitrogens with zero attached hydrogens (tertiary/aromatic N) is 2. The van der Waals surface area contributed by atoms with E-state index in [0.29, 0.717) is 19.1 Å². The molecule has 0 amide bonds. The fourth-order valence-corrected chi connectivity index (χ4v) is 0.744. The molecule has 0 aliphatic heterocycles. The van der Waals surface area contributed by atoms with Gasteiger partial charge in [0, 0.05) is 32.4 Å². The molecule has 0 N–H and O–H groups in total. The Kier molecular flexibility index (Phi) is 4.08. The van der Waals surface area contributed by atoms with Crippen LogP contribution in [0.2, 0.25) is 0 Å². The van der Waals surface area contributed by atoms with Gasteiger partial charge in [0.2, 0.25) is 5.88 Å². The molecule has 66 valence electrons. The summed E-state index contributed by atoms with van der Waals surface area (Å²) in [6.07, 6.45) is 3.99. The van der Waals surface area contributed by atoms with E-state index in [9.17, 15) is 0 Å². The zero-order valence-corrected chi connectivity index (χ0v) is 7.06. The van der Waals surface area contributed by atoms with Gasteiger partial charge in [-0.05, 0) is 0 Å². The van der Waals surface area contributed by atoms with E-state index in [2.05, 4.69) is 9.97 Å². The molecule has 0 unspecified atom stereocenters. The Morgan fingerprint density at radius 1 is 1.42 bits per heavy atom. The Balaban J connectivity index is 2.16. The third-order valence-corrected chi connectivity index (χ3v) is 1.30. The van der Waals surface area contributed by atoms with Crippen molar-refractivity contribution in [2.75, 3.05) is 20.3 Å². The predicted octanol–water partition coefficient (Wildman–Crippen LogP) is 0.892. The van der Waals surface area contributed by atoms with Crippen molar-refractivity contribution in [3.8, 4) is 5.88 Å². The molecule has 0 spiro atoms. The summed E-state index contributed by atoms with van der Waals surface area (Å²) in [4.78, 5) is 7.68. The van der Waals surface area contributed by atoms with E-state index in [4.69, 9.17) is 9.47 Å². The molecule has 0 radical (unpaired) electrons. The Bertz CT molecular complexity index is 203. The Morgan fingerprint density at radius 3 is 3.00 bits per heavy atom. The number of aromatic nitrogens is 2. The normalized spacial score (nSPS) is 9.75. The van der Waals surface area contributed by atoms with Gasteiger partial charge in [-0.3, -0.25) is 0 Å². The van der Waals surface area contributed by atoms with Crippen molar-refractivity contribution in [1.82, 2.24) is 9.97 Å². The second kappa shape index (κ2) is 5.49. The molecule has 0 saturated carbocycles. The lowest BCUT2D eigenvalue weighted by Gasteiger charge is -2.02. The van der Waals surface area contributed by atoms with Gasteiger partial charge in [-0.1, -0.05) is 0 Å². The van der Waals surface area contributed by atoms with E-state index in [1.807, 2.05) is 0 Å². The van der Waals surface area contributed by atoms with Crippen LogP contribution in [0.4, 0.5) is 0 Å². The third kappa shape index (κ3) is 3.30. The van der Waals surface area contributed by atoms with E-state index in [1.54, 1.807) is 19.4 Å². The van der Waals surface area contributed by atoms with Crippen LogP contribution < -0.4 is 4.74 Å². The minimum Gasteiger partial charge on any atom is -0.477 e. The van der Waals surface area contributed by atoms with E-state index in [0.717, 1.165) is 6.42 Å². The molecule has 0 saturated heterocycles. The number of methoxy groups -OCH3 is 1. The molecular weight excluding hydrogens is 156 g/mol. The number of rotatable bonds is 5. The lowest BCUT2D eigenvalue weighted by molar-refractivity contribution is 0.170. The molecular formula is C8H12N2O2. The lowest BCUT2D eigenvalue weighted by Crippen LogP contribution is -2.02. The van der Waals surface area contributed by atoms with Crippen LogP contribution >= 0.6 is 0 Å². The highest BCUT2D eigenvalue weighted by molar-refractivity contribution is 5.03. The van der Waals surface area contributed by atoms with Crippen molar-refractivity contribution in [1.29, 1.82) is 0 Å². The summed E-state index contributed by atoms with van der Waals surface area (Å²) in [5.41, 5.74) is 0. The maximum atomic E-state index is 5.28. The summed E-state index contributed by atoms with van der Waals surface area (Å²) in [6, 6.07) is 1.73. The van der Waals surface area contributed by atoms with Crippen LogP contribution in [-0.2, 0) is 4.74 Å². The van der Waals surface area contributed by atoms with E-state index in [-0.39, 0.29) is 0 Å². The second-order valence-electron chi connectivity index (χ2n) is 2.24. The van der Waals surface area contributed by atoms with Gasteiger partial charge in [0.1, 0.15) is 6.33 Å². The summed E-state index contributed by atoms with van der Waals surface area (Å²) in [6.45, 7) is 1.34. The highest BCUT2D eigenvalue weighted by Crippen LogP contribution is 2.01. The molecule has 0 fully saturated rings. The molecule has 12 heavy (non-hydrogen) atoms. The molecule has 4 nitrogen and oxygen atoms in total. The second-order valence-corrected chi connectivity index (χ2v) is 2.24. The van der Waals surface area contributed by atoms with E-state index >= 15 is 0 Å². The van der Waals surface area contributed by atoms with Gasteiger partial charge >= 0.3 is 0 Å².